The molecule has 7 rings (SSSR count). The Kier molecular flexibility index (Phi) is 11.5. The van der Waals surface area contributed by atoms with Crippen molar-refractivity contribution < 1.29 is 38.2 Å². The molecule has 0 bridgehead atoms. The molecule has 4 aromatic rings. The average molecular weight is 794 g/mol. The Morgan fingerprint density at radius 3 is 2.36 bits per heavy atom. The number of carbonyl (C=O) groups excluding carboxylic acids is 5. The SMILES string of the molecule is COc1cc(-c2cn(C)c(=O)c3cnc(N(C)C)cc23)cc(OC)c1CN1CC(C(=O)NCCCCCOc2cccc3c2C(=O)N(C2CCC(=O)NC2=O)C3=O)C1. The number of ether oxygens (including phenoxy) is 3. The summed E-state index contributed by atoms with van der Waals surface area (Å²) in [7, 11) is 8.75. The number of amides is 5. The first-order valence-electron chi connectivity index (χ1n) is 19.3. The Hall–Kier alpha value is -6.29. The van der Waals surface area contributed by atoms with Crippen molar-refractivity contribution in [1.29, 1.82) is 0 Å². The summed E-state index contributed by atoms with van der Waals surface area (Å²) < 4.78 is 19.2. The lowest BCUT2D eigenvalue weighted by Crippen LogP contribution is -2.54. The number of pyridine rings is 2. The summed E-state index contributed by atoms with van der Waals surface area (Å²) in [5, 5.41) is 6.53. The van der Waals surface area contributed by atoms with E-state index in [0.717, 1.165) is 45.6 Å². The lowest BCUT2D eigenvalue weighted by molar-refractivity contribution is -0.136. The second kappa shape index (κ2) is 16.7. The highest BCUT2D eigenvalue weighted by molar-refractivity contribution is 6.24. The summed E-state index contributed by atoms with van der Waals surface area (Å²) in [5.74, 6) is -0.141. The van der Waals surface area contributed by atoms with Crippen LogP contribution in [0, 0.1) is 5.92 Å². The van der Waals surface area contributed by atoms with E-state index >= 15 is 0 Å². The topological polar surface area (TPSA) is 182 Å². The highest BCUT2D eigenvalue weighted by Crippen LogP contribution is 2.39. The van der Waals surface area contributed by atoms with Crippen LogP contribution >= 0.6 is 0 Å². The second-order valence-corrected chi connectivity index (χ2v) is 15.0. The van der Waals surface area contributed by atoms with Gasteiger partial charge in [0.15, 0.2) is 0 Å². The lowest BCUT2D eigenvalue weighted by atomic mass is 9.96. The summed E-state index contributed by atoms with van der Waals surface area (Å²) in [6, 6.07) is 9.55. The maximum absolute atomic E-state index is 13.3. The van der Waals surface area contributed by atoms with Crippen molar-refractivity contribution in [3.63, 3.8) is 0 Å². The number of nitrogens with one attached hydrogen (secondary N) is 2. The molecule has 1 unspecified atom stereocenters. The van der Waals surface area contributed by atoms with Gasteiger partial charge in [-0.25, -0.2) is 4.98 Å². The molecule has 58 heavy (non-hydrogen) atoms. The molecule has 2 saturated heterocycles. The van der Waals surface area contributed by atoms with Gasteiger partial charge >= 0.3 is 0 Å². The zero-order valence-corrected chi connectivity index (χ0v) is 33.3. The number of anilines is 1. The zero-order chi connectivity index (χ0) is 41.2. The van der Waals surface area contributed by atoms with Gasteiger partial charge in [0.1, 0.15) is 29.1 Å². The zero-order valence-electron chi connectivity index (χ0n) is 33.3. The number of fused-ring (bicyclic) bond motifs is 2. The van der Waals surface area contributed by atoms with Gasteiger partial charge < -0.3 is 29.0 Å². The smallest absolute Gasteiger partial charge is 0.266 e. The predicted octanol–water partition coefficient (Wildman–Crippen LogP) is 2.88. The van der Waals surface area contributed by atoms with Crippen LogP contribution in [0.25, 0.3) is 21.9 Å². The first-order chi connectivity index (χ1) is 27.9. The van der Waals surface area contributed by atoms with Crippen LogP contribution in [0.1, 0.15) is 58.4 Å². The third-order valence-electron chi connectivity index (χ3n) is 10.9. The molecular formula is C42H47N7O9. The number of benzene rings is 2. The first kappa shape index (κ1) is 39.9. The Morgan fingerprint density at radius 1 is 0.931 bits per heavy atom. The van der Waals surface area contributed by atoms with Crippen molar-refractivity contribution in [2.24, 2.45) is 13.0 Å². The van der Waals surface area contributed by atoms with Gasteiger partial charge in [-0.05, 0) is 61.6 Å². The third kappa shape index (κ3) is 7.71. The fourth-order valence-electron chi connectivity index (χ4n) is 7.75. The summed E-state index contributed by atoms with van der Waals surface area (Å²) in [6.45, 7) is 2.51. The van der Waals surface area contributed by atoms with E-state index < -0.39 is 29.7 Å². The number of piperidine rings is 1. The van der Waals surface area contributed by atoms with Gasteiger partial charge in [-0.15, -0.1) is 0 Å². The number of rotatable bonds is 15. The number of unbranched alkanes of at least 4 members (excludes halogenated alkanes) is 2. The predicted molar refractivity (Wildman–Crippen MR) is 214 cm³/mol. The highest BCUT2D eigenvalue weighted by atomic mass is 16.5. The summed E-state index contributed by atoms with van der Waals surface area (Å²) in [5.41, 5.74) is 2.69. The minimum Gasteiger partial charge on any atom is -0.496 e. The van der Waals surface area contributed by atoms with Crippen molar-refractivity contribution in [3.05, 3.63) is 75.8 Å². The minimum atomic E-state index is -1.04. The first-order valence-corrected chi connectivity index (χ1v) is 19.3. The molecular weight excluding hydrogens is 747 g/mol. The van der Waals surface area contributed by atoms with Crippen molar-refractivity contribution in [1.82, 2.24) is 30.0 Å². The molecule has 2 aromatic carbocycles. The maximum atomic E-state index is 13.3. The molecule has 1 atom stereocenters. The van der Waals surface area contributed by atoms with Crippen LogP contribution in [-0.2, 0) is 28.0 Å². The number of hydrogen-bond acceptors (Lipinski definition) is 12. The van der Waals surface area contributed by atoms with E-state index in [1.54, 1.807) is 44.2 Å². The monoisotopic (exact) mass is 793 g/mol. The number of aromatic nitrogens is 2. The van der Waals surface area contributed by atoms with Gasteiger partial charge in [0, 0.05) is 77.1 Å². The van der Waals surface area contributed by atoms with Crippen molar-refractivity contribution in [2.45, 2.75) is 44.7 Å². The summed E-state index contributed by atoms with van der Waals surface area (Å²) in [6.07, 6.45) is 5.71. The molecule has 3 aliphatic heterocycles. The van der Waals surface area contributed by atoms with Crippen LogP contribution in [0.5, 0.6) is 17.2 Å². The molecule has 5 amide bonds. The minimum absolute atomic E-state index is 0.00137. The van der Waals surface area contributed by atoms with E-state index in [9.17, 15) is 28.8 Å². The van der Waals surface area contributed by atoms with Crippen molar-refractivity contribution >= 4 is 46.1 Å². The van der Waals surface area contributed by atoms with Gasteiger partial charge in [-0.3, -0.25) is 43.9 Å². The Balaban J connectivity index is 0.882. The number of imide groups is 2. The molecule has 0 saturated carbocycles. The standard InChI is InChI=1S/C42H47N7O9/c1-46(2)35-18-27-28(19-44-35)40(53)47(3)22-29(27)24-16-33(56-4)30(34(17-24)57-5)23-48-20-25(21-48)38(51)43-14-7-6-8-15-58-32-11-9-10-26-37(32)42(55)49(41(26)54)31-12-13-36(50)45-39(31)52/h9-11,16-19,22,25,31H,6-8,12-15,20-21,23H2,1-5H3,(H,43,51)(H,45,50,52). The molecule has 0 aliphatic carbocycles. The average Bonchev–Trinajstić information content (AvgIpc) is 3.45. The fraction of sp³-hybridized carbons (Fsp3) is 0.405. The Morgan fingerprint density at radius 2 is 1.67 bits per heavy atom. The number of nitrogens with zero attached hydrogens (tertiary/aromatic N) is 5. The normalized spacial score (nSPS) is 16.9. The maximum Gasteiger partial charge on any atom is 0.266 e. The number of likely N-dealkylation sites (tertiary alicyclic amines) is 1. The molecule has 16 heteroatoms. The molecule has 2 N–H and O–H groups in total. The van der Waals surface area contributed by atoms with E-state index in [4.69, 9.17) is 14.2 Å². The molecule has 5 heterocycles. The Bertz CT molecular complexity index is 2340. The van der Waals surface area contributed by atoms with Crippen molar-refractivity contribution in [3.8, 4) is 28.4 Å². The molecule has 16 nitrogen and oxygen atoms in total. The van der Waals surface area contributed by atoms with Crippen LogP contribution < -0.4 is 35.3 Å². The highest BCUT2D eigenvalue weighted by Gasteiger charge is 2.46. The van der Waals surface area contributed by atoms with E-state index in [2.05, 4.69) is 20.5 Å². The van der Waals surface area contributed by atoms with Crippen LogP contribution in [0.3, 0.4) is 0 Å². The molecule has 304 valence electrons. The van der Waals surface area contributed by atoms with Crippen LogP contribution in [0.15, 0.2) is 53.6 Å². The van der Waals surface area contributed by atoms with E-state index in [0.29, 0.717) is 56.1 Å². The van der Waals surface area contributed by atoms with Crippen molar-refractivity contribution in [2.75, 3.05) is 59.5 Å². The van der Waals surface area contributed by atoms with Gasteiger partial charge in [-0.1, -0.05) is 6.07 Å². The fourth-order valence-corrected chi connectivity index (χ4v) is 7.75. The van der Waals surface area contributed by atoms with Crippen LogP contribution in [0.2, 0.25) is 0 Å². The number of methoxy groups -OCH3 is 2. The Labute approximate surface area is 335 Å². The van der Waals surface area contributed by atoms with E-state index in [1.165, 1.54) is 6.07 Å². The van der Waals surface area contributed by atoms with Crippen LogP contribution in [0.4, 0.5) is 5.82 Å². The second-order valence-electron chi connectivity index (χ2n) is 15.0. The summed E-state index contributed by atoms with van der Waals surface area (Å²) >= 11 is 0. The van der Waals surface area contributed by atoms with E-state index in [1.807, 2.05) is 43.4 Å². The number of hydrogen-bond donors (Lipinski definition) is 2. The molecule has 2 fully saturated rings. The molecule has 3 aliphatic rings. The summed E-state index contributed by atoms with van der Waals surface area (Å²) in [4.78, 5) is 85.7. The van der Waals surface area contributed by atoms with Gasteiger partial charge in [-0.2, -0.15) is 0 Å². The van der Waals surface area contributed by atoms with E-state index in [-0.39, 0.29) is 47.1 Å². The largest absolute Gasteiger partial charge is 0.496 e. The third-order valence-corrected chi connectivity index (χ3v) is 10.9. The van der Waals surface area contributed by atoms with Gasteiger partial charge in [0.05, 0.1) is 48.8 Å². The lowest BCUT2D eigenvalue weighted by Gasteiger charge is -2.38. The molecule has 2 aromatic heterocycles. The van der Waals surface area contributed by atoms with Crippen LogP contribution in [-0.4, -0.2) is 109 Å². The quantitative estimate of drug-likeness (QED) is 0.133. The van der Waals surface area contributed by atoms with Gasteiger partial charge in [0.25, 0.3) is 17.4 Å². The van der Waals surface area contributed by atoms with Gasteiger partial charge in [0.2, 0.25) is 17.7 Å². The molecule has 0 radical (unpaired) electrons. The number of carbonyl (C=O) groups is 5. The number of aryl methyl sites for hydroxylation is 1. The molecule has 0 spiro atoms.